The largest absolute Gasteiger partial charge is 0.469 e. The molecule has 0 saturated carbocycles. The van der Waals surface area contributed by atoms with Gasteiger partial charge in [0.05, 0.1) is 13.5 Å². The molecule has 4 heteroatoms. The highest BCUT2D eigenvalue weighted by atomic mass is 32.1. The van der Waals surface area contributed by atoms with Gasteiger partial charge in [0, 0.05) is 16.0 Å². The summed E-state index contributed by atoms with van der Waals surface area (Å²) in [6.07, 6.45) is 9.58. The third-order valence-electron chi connectivity index (χ3n) is 4.98. The maximum absolute atomic E-state index is 12.1. The van der Waals surface area contributed by atoms with Crippen molar-refractivity contribution < 1.29 is 9.53 Å². The standard InChI is InChI=1S/C23H21NO2S/c1-14-9-11-16(12-10-14)21-18(13-20(25)26-3)15(2)24-23-22(21)17-7-5-4-6-8-19(17)27-23/h4-6,8-12H,7,13H2,1-3H3. The van der Waals surface area contributed by atoms with E-state index in [1.165, 1.54) is 28.5 Å². The predicted molar refractivity (Wildman–Crippen MR) is 112 cm³/mol. The molecule has 1 aromatic carbocycles. The average molecular weight is 375 g/mol. The number of fused-ring (bicyclic) bond motifs is 3. The van der Waals surface area contributed by atoms with E-state index >= 15 is 0 Å². The van der Waals surface area contributed by atoms with Crippen molar-refractivity contribution in [2.24, 2.45) is 0 Å². The lowest BCUT2D eigenvalue weighted by Gasteiger charge is -2.15. The molecule has 0 fully saturated rings. The van der Waals surface area contributed by atoms with Gasteiger partial charge in [0.1, 0.15) is 4.83 Å². The molecule has 0 unspecified atom stereocenters. The quantitative estimate of drug-likeness (QED) is 0.574. The van der Waals surface area contributed by atoms with Gasteiger partial charge in [0.25, 0.3) is 0 Å². The number of hydrogen-bond acceptors (Lipinski definition) is 4. The molecule has 4 rings (SSSR count). The number of thiophene rings is 1. The van der Waals surface area contributed by atoms with Gasteiger partial charge in [0.2, 0.25) is 0 Å². The first-order valence-corrected chi connectivity index (χ1v) is 9.82. The highest BCUT2D eigenvalue weighted by Crippen LogP contribution is 2.42. The molecule has 0 atom stereocenters. The van der Waals surface area contributed by atoms with Gasteiger partial charge in [0.15, 0.2) is 0 Å². The summed E-state index contributed by atoms with van der Waals surface area (Å²) in [5.74, 6) is -0.242. The average Bonchev–Trinajstić information content (AvgIpc) is 2.84. The second-order valence-corrected chi connectivity index (χ2v) is 7.82. The van der Waals surface area contributed by atoms with Crippen LogP contribution in [0.15, 0.2) is 42.5 Å². The molecule has 2 heterocycles. The van der Waals surface area contributed by atoms with Crippen LogP contribution in [0.1, 0.15) is 27.3 Å². The van der Waals surface area contributed by atoms with E-state index in [0.717, 1.165) is 33.6 Å². The Labute approximate surface area is 163 Å². The summed E-state index contributed by atoms with van der Waals surface area (Å²) in [6.45, 7) is 4.06. The van der Waals surface area contributed by atoms with Crippen molar-refractivity contribution in [1.29, 1.82) is 0 Å². The molecule has 136 valence electrons. The molecule has 27 heavy (non-hydrogen) atoms. The molecular formula is C23H21NO2S. The van der Waals surface area contributed by atoms with E-state index in [-0.39, 0.29) is 12.4 Å². The fourth-order valence-electron chi connectivity index (χ4n) is 3.57. The van der Waals surface area contributed by atoms with Crippen molar-refractivity contribution >= 4 is 33.6 Å². The van der Waals surface area contributed by atoms with Crippen molar-refractivity contribution in [2.45, 2.75) is 26.7 Å². The number of ether oxygens (including phenoxy) is 1. The number of methoxy groups -OCH3 is 1. The second-order valence-electron chi connectivity index (χ2n) is 6.79. The number of esters is 1. The molecular weight excluding hydrogens is 354 g/mol. The van der Waals surface area contributed by atoms with Crippen LogP contribution in [-0.2, 0) is 22.4 Å². The van der Waals surface area contributed by atoms with Crippen LogP contribution in [0.4, 0.5) is 0 Å². The Morgan fingerprint density at radius 3 is 2.70 bits per heavy atom. The van der Waals surface area contributed by atoms with Gasteiger partial charge in [-0.2, -0.15) is 0 Å². The fourth-order valence-corrected chi connectivity index (χ4v) is 4.75. The van der Waals surface area contributed by atoms with Crippen LogP contribution in [0.2, 0.25) is 0 Å². The van der Waals surface area contributed by atoms with Crippen molar-refractivity contribution in [3.8, 4) is 11.1 Å². The summed E-state index contributed by atoms with van der Waals surface area (Å²) in [5, 5.41) is 1.17. The van der Waals surface area contributed by atoms with E-state index in [1.807, 2.05) is 6.92 Å². The highest BCUT2D eigenvalue weighted by molar-refractivity contribution is 7.19. The zero-order valence-electron chi connectivity index (χ0n) is 15.7. The number of aromatic nitrogens is 1. The predicted octanol–water partition coefficient (Wildman–Crippen LogP) is 5.42. The van der Waals surface area contributed by atoms with E-state index in [2.05, 4.69) is 55.5 Å². The van der Waals surface area contributed by atoms with E-state index in [4.69, 9.17) is 9.72 Å². The van der Waals surface area contributed by atoms with Crippen LogP contribution in [-0.4, -0.2) is 18.1 Å². The number of allylic oxidation sites excluding steroid dienone is 3. The van der Waals surface area contributed by atoms with Crippen molar-refractivity contribution in [1.82, 2.24) is 4.98 Å². The van der Waals surface area contributed by atoms with Gasteiger partial charge in [-0.05, 0) is 48.6 Å². The van der Waals surface area contributed by atoms with E-state index < -0.39 is 0 Å². The molecule has 0 saturated heterocycles. The summed E-state index contributed by atoms with van der Waals surface area (Å²) in [7, 11) is 1.43. The third-order valence-corrected chi connectivity index (χ3v) is 6.07. The highest BCUT2D eigenvalue weighted by Gasteiger charge is 2.22. The molecule has 0 bridgehead atoms. The van der Waals surface area contributed by atoms with Gasteiger partial charge in [-0.1, -0.05) is 48.1 Å². The van der Waals surface area contributed by atoms with Crippen LogP contribution in [0, 0.1) is 13.8 Å². The number of hydrogen-bond donors (Lipinski definition) is 0. The second kappa shape index (κ2) is 7.12. The van der Waals surface area contributed by atoms with Crippen molar-refractivity contribution in [3.05, 3.63) is 69.8 Å². The monoisotopic (exact) mass is 375 g/mol. The van der Waals surface area contributed by atoms with Gasteiger partial charge < -0.3 is 4.74 Å². The van der Waals surface area contributed by atoms with E-state index in [1.54, 1.807) is 11.3 Å². The van der Waals surface area contributed by atoms with Crippen molar-refractivity contribution in [3.63, 3.8) is 0 Å². The molecule has 3 aromatic rings. The minimum absolute atomic E-state index is 0.227. The lowest BCUT2D eigenvalue weighted by Crippen LogP contribution is -2.09. The topological polar surface area (TPSA) is 39.2 Å². The number of aryl methyl sites for hydroxylation is 2. The molecule has 0 radical (unpaired) electrons. The smallest absolute Gasteiger partial charge is 0.310 e. The van der Waals surface area contributed by atoms with Gasteiger partial charge in [-0.3, -0.25) is 4.79 Å². The number of rotatable bonds is 3. The molecule has 3 nitrogen and oxygen atoms in total. The normalized spacial score (nSPS) is 12.9. The third kappa shape index (κ3) is 3.21. The first-order valence-electron chi connectivity index (χ1n) is 9.00. The Kier molecular flexibility index (Phi) is 4.66. The first-order chi connectivity index (χ1) is 13.1. The molecule has 0 spiro atoms. The lowest BCUT2D eigenvalue weighted by molar-refractivity contribution is -0.139. The van der Waals surface area contributed by atoms with Crippen LogP contribution < -0.4 is 0 Å². The zero-order chi connectivity index (χ0) is 19.0. The minimum atomic E-state index is -0.242. The number of nitrogens with zero attached hydrogens (tertiary/aromatic N) is 1. The van der Waals surface area contributed by atoms with Crippen LogP contribution in [0.25, 0.3) is 27.4 Å². The van der Waals surface area contributed by atoms with Gasteiger partial charge in [-0.25, -0.2) is 4.98 Å². The Morgan fingerprint density at radius 2 is 1.96 bits per heavy atom. The Bertz CT molecular complexity index is 1090. The van der Waals surface area contributed by atoms with Crippen LogP contribution >= 0.6 is 11.3 Å². The first kappa shape index (κ1) is 17.7. The van der Waals surface area contributed by atoms with Gasteiger partial charge in [-0.15, -0.1) is 11.3 Å². The summed E-state index contributed by atoms with van der Waals surface area (Å²) in [5.41, 5.74) is 6.58. The summed E-state index contributed by atoms with van der Waals surface area (Å²) < 4.78 is 4.96. The Hall–Kier alpha value is -2.72. The van der Waals surface area contributed by atoms with E-state index in [0.29, 0.717) is 0 Å². The SMILES string of the molecule is COC(=O)Cc1c(C)nc2sc3c(c2c1-c1ccc(C)cc1)CC=CC=C3. The maximum atomic E-state index is 12.1. The molecule has 1 aliphatic carbocycles. The van der Waals surface area contributed by atoms with E-state index in [9.17, 15) is 4.79 Å². The van der Waals surface area contributed by atoms with Crippen molar-refractivity contribution in [2.75, 3.05) is 7.11 Å². The summed E-state index contributed by atoms with van der Waals surface area (Å²) >= 11 is 1.72. The summed E-state index contributed by atoms with van der Waals surface area (Å²) in [4.78, 5) is 19.2. The summed E-state index contributed by atoms with van der Waals surface area (Å²) in [6, 6.07) is 8.50. The Balaban J connectivity index is 2.07. The lowest BCUT2D eigenvalue weighted by atomic mass is 9.91. The zero-order valence-corrected chi connectivity index (χ0v) is 16.5. The number of pyridine rings is 1. The molecule has 2 aromatic heterocycles. The molecule has 0 N–H and O–H groups in total. The van der Waals surface area contributed by atoms with Gasteiger partial charge >= 0.3 is 5.97 Å². The molecule has 1 aliphatic rings. The number of carbonyl (C=O) groups excluding carboxylic acids is 1. The number of benzene rings is 1. The number of carbonyl (C=O) groups is 1. The van der Waals surface area contributed by atoms with Crippen LogP contribution in [0.5, 0.6) is 0 Å². The molecule has 0 aliphatic heterocycles. The maximum Gasteiger partial charge on any atom is 0.310 e. The Morgan fingerprint density at radius 1 is 1.19 bits per heavy atom. The fraction of sp³-hybridized carbons (Fsp3) is 0.217. The molecule has 0 amide bonds. The minimum Gasteiger partial charge on any atom is -0.469 e. The van der Waals surface area contributed by atoms with Crippen LogP contribution in [0.3, 0.4) is 0 Å².